The Bertz CT molecular complexity index is 2120. The molecule has 0 saturated heterocycles. The first-order chi connectivity index (χ1) is 23.7. The molecule has 0 spiro atoms. The fourth-order valence-corrected chi connectivity index (χ4v) is 6.04. The van der Waals surface area contributed by atoms with Crippen molar-refractivity contribution >= 4 is 46.9 Å². The van der Waals surface area contributed by atoms with Crippen molar-refractivity contribution < 1.29 is 75.5 Å². The van der Waals surface area contributed by atoms with Crippen LogP contribution in [0.5, 0.6) is 11.5 Å². The van der Waals surface area contributed by atoms with Gasteiger partial charge in [-0.1, -0.05) is 12.1 Å². The molecule has 4 aromatic rings. The number of aromatic hydroxyl groups is 2. The summed E-state index contributed by atoms with van der Waals surface area (Å²) < 4.78 is 91.1. The molecule has 0 unspecified atom stereocenters. The Labute approximate surface area is 279 Å². The van der Waals surface area contributed by atoms with E-state index in [9.17, 15) is 49.2 Å². The second kappa shape index (κ2) is 11.2. The number of halogens is 6. The van der Waals surface area contributed by atoms with Gasteiger partial charge in [-0.25, -0.2) is 19.4 Å². The van der Waals surface area contributed by atoms with Crippen LogP contribution in [0.15, 0.2) is 72.8 Å². The van der Waals surface area contributed by atoms with Crippen LogP contribution in [0.1, 0.15) is 73.3 Å². The van der Waals surface area contributed by atoms with Gasteiger partial charge in [0.1, 0.15) is 11.5 Å². The second-order valence-electron chi connectivity index (χ2n) is 11.2. The topological polar surface area (TPSA) is 190 Å². The Morgan fingerprint density at radius 1 is 0.490 bits per heavy atom. The van der Waals surface area contributed by atoms with E-state index >= 15 is 26.3 Å². The zero-order valence-electron chi connectivity index (χ0n) is 24.8. The molecule has 0 fully saturated rings. The molecule has 0 atom stereocenters. The summed E-state index contributed by atoms with van der Waals surface area (Å²) in [6, 6.07) is 6.45. The average Bonchev–Trinajstić information content (AvgIpc) is 3.44. The monoisotopic (exact) mass is 714 g/mol. The summed E-state index contributed by atoms with van der Waals surface area (Å²) in [5.74, 6) is -10.7. The van der Waals surface area contributed by atoms with Gasteiger partial charge >= 0.3 is 24.3 Å². The average molecular weight is 714 g/mol. The quantitative estimate of drug-likeness (QED) is 0.147. The fourth-order valence-electron chi connectivity index (χ4n) is 6.04. The molecule has 12 nitrogen and oxygen atoms in total. The maximum atomic E-state index is 15.2. The Morgan fingerprint density at radius 3 is 1.14 bits per heavy atom. The minimum absolute atomic E-state index is 0.0685. The molecule has 4 amide bonds. The largest absolute Gasteiger partial charge is 0.506 e. The van der Waals surface area contributed by atoms with Gasteiger partial charge in [-0.05, 0) is 71.8 Å². The first-order valence-corrected chi connectivity index (χ1v) is 14.0. The van der Waals surface area contributed by atoms with Gasteiger partial charge in [0.05, 0.1) is 44.8 Å². The molecule has 0 aromatic heterocycles. The number of phenolic OH excluding ortho intramolecular Hbond substituents is 2. The number of anilines is 2. The third-order valence-corrected chi connectivity index (χ3v) is 8.42. The maximum absolute atomic E-state index is 15.2. The van der Waals surface area contributed by atoms with Crippen LogP contribution in [-0.2, 0) is 5.41 Å². The summed E-state index contributed by atoms with van der Waals surface area (Å²) in [5.41, 5.74) is -13.8. The highest BCUT2D eigenvalue weighted by atomic mass is 19.4. The van der Waals surface area contributed by atoms with Crippen molar-refractivity contribution in [2.75, 3.05) is 9.80 Å². The van der Waals surface area contributed by atoms with Crippen molar-refractivity contribution in [2.45, 2.75) is 17.8 Å². The Morgan fingerprint density at radius 2 is 0.824 bits per heavy atom. The summed E-state index contributed by atoms with van der Waals surface area (Å²) in [6.07, 6.45) is -12.7. The van der Waals surface area contributed by atoms with Crippen LogP contribution >= 0.6 is 0 Å². The van der Waals surface area contributed by atoms with Gasteiger partial charge in [-0.2, -0.15) is 26.3 Å². The first-order valence-electron chi connectivity index (χ1n) is 14.0. The Balaban J connectivity index is 1.54. The van der Waals surface area contributed by atoms with E-state index in [2.05, 4.69) is 0 Å². The number of carboxylic acids is 2. The van der Waals surface area contributed by atoms with E-state index in [0.717, 1.165) is 36.4 Å². The summed E-state index contributed by atoms with van der Waals surface area (Å²) >= 11 is 0. The van der Waals surface area contributed by atoms with Crippen LogP contribution in [0.3, 0.4) is 0 Å². The summed E-state index contributed by atoms with van der Waals surface area (Å²) in [4.78, 5) is 75.7. The van der Waals surface area contributed by atoms with E-state index in [1.165, 1.54) is 0 Å². The van der Waals surface area contributed by atoms with Gasteiger partial charge in [0.15, 0.2) is 0 Å². The molecule has 4 aromatic carbocycles. The molecule has 2 heterocycles. The van der Waals surface area contributed by atoms with E-state index in [1.807, 2.05) is 0 Å². The highest BCUT2D eigenvalue weighted by Gasteiger charge is 2.73. The third kappa shape index (κ3) is 4.85. The highest BCUT2D eigenvalue weighted by Crippen LogP contribution is 2.58. The Hall–Kier alpha value is -6.72. The second-order valence-corrected chi connectivity index (χ2v) is 11.2. The van der Waals surface area contributed by atoms with Crippen molar-refractivity contribution in [1.29, 1.82) is 0 Å². The molecule has 6 rings (SSSR count). The number of fused-ring (bicyclic) bond motifs is 2. The van der Waals surface area contributed by atoms with Crippen molar-refractivity contribution in [2.24, 2.45) is 0 Å². The van der Waals surface area contributed by atoms with Crippen molar-refractivity contribution in [3.05, 3.63) is 117 Å². The number of aromatic carboxylic acids is 2. The minimum Gasteiger partial charge on any atom is -0.506 e. The number of benzene rings is 4. The number of phenols is 2. The van der Waals surface area contributed by atoms with Crippen molar-refractivity contribution in [1.82, 2.24) is 0 Å². The van der Waals surface area contributed by atoms with E-state index in [4.69, 9.17) is 0 Å². The van der Waals surface area contributed by atoms with Gasteiger partial charge in [0.2, 0.25) is 5.41 Å². The van der Waals surface area contributed by atoms with Gasteiger partial charge in [-0.15, -0.1) is 0 Å². The van der Waals surface area contributed by atoms with E-state index < -0.39 is 121 Å². The third-order valence-electron chi connectivity index (χ3n) is 8.42. The zero-order chi connectivity index (χ0) is 37.5. The van der Waals surface area contributed by atoms with Crippen LogP contribution in [0.2, 0.25) is 0 Å². The molecule has 51 heavy (non-hydrogen) atoms. The normalized spacial score (nSPS) is 14.6. The summed E-state index contributed by atoms with van der Waals surface area (Å²) in [7, 11) is 0. The maximum Gasteiger partial charge on any atom is 0.411 e. The molecule has 0 bridgehead atoms. The number of amides is 4. The number of alkyl halides is 6. The minimum atomic E-state index is -6.34. The number of imide groups is 2. The molecule has 18 heteroatoms. The van der Waals surface area contributed by atoms with Crippen LogP contribution in [0, 0.1) is 0 Å². The molecular formula is C33H16F6N2O10. The predicted molar refractivity (Wildman–Crippen MR) is 158 cm³/mol. The van der Waals surface area contributed by atoms with E-state index in [1.54, 1.807) is 0 Å². The van der Waals surface area contributed by atoms with E-state index in [0.29, 0.717) is 12.1 Å². The van der Waals surface area contributed by atoms with Crippen LogP contribution in [0.25, 0.3) is 0 Å². The standard InChI is InChI=1S/C33H16F6N2O10/c34-32(35,36)31(33(37,38)39,15-3-7-23(42)21(11-15)40-25(44)17-5-1-13(29(48)49)9-19(17)27(40)46)16-4-8-24(43)22(12-16)41-26(45)18-6-2-14(30(50)51)10-20(18)28(41)47/h1-12,42-43H,(H,48,49)(H,50,51). The number of rotatable bonds is 6. The number of carboxylic acid groups (broad SMARTS) is 2. The van der Waals surface area contributed by atoms with Crippen LogP contribution in [-0.4, -0.2) is 68.3 Å². The number of carbonyl (C=O) groups is 6. The number of carbonyl (C=O) groups excluding carboxylic acids is 4. The first kappa shape index (κ1) is 34.2. The summed E-state index contributed by atoms with van der Waals surface area (Å²) in [6.45, 7) is 0. The molecule has 0 aliphatic carbocycles. The lowest BCUT2D eigenvalue weighted by atomic mass is 9.72. The van der Waals surface area contributed by atoms with Crippen LogP contribution < -0.4 is 9.80 Å². The van der Waals surface area contributed by atoms with Gasteiger partial charge < -0.3 is 20.4 Å². The SMILES string of the molecule is O=C(O)c1ccc2c(c1)C(=O)N(c1cc(C(c3ccc(O)c(N4C(=O)c5ccc(C(=O)O)cc5C4=O)c3)(C(F)(F)F)C(F)(F)F)ccc1O)C2=O. The smallest absolute Gasteiger partial charge is 0.411 e. The number of hydrogen-bond donors (Lipinski definition) is 4. The van der Waals surface area contributed by atoms with Crippen molar-refractivity contribution in [3.8, 4) is 11.5 Å². The lowest BCUT2D eigenvalue weighted by molar-refractivity contribution is -0.288. The van der Waals surface area contributed by atoms with Gasteiger partial charge in [-0.3, -0.25) is 19.2 Å². The fraction of sp³-hybridized carbons (Fsp3) is 0.0909. The van der Waals surface area contributed by atoms with Crippen LogP contribution in [0.4, 0.5) is 37.7 Å². The lowest BCUT2D eigenvalue weighted by Gasteiger charge is -2.39. The number of nitrogens with zero attached hydrogens (tertiary/aromatic N) is 2. The molecule has 2 aliphatic rings. The predicted octanol–water partition coefficient (Wildman–Crippen LogP) is 5.51. The van der Waals surface area contributed by atoms with Gasteiger partial charge in [0.25, 0.3) is 23.6 Å². The Kier molecular flexibility index (Phi) is 7.47. The molecular weight excluding hydrogens is 698 g/mol. The molecule has 0 radical (unpaired) electrons. The lowest BCUT2D eigenvalue weighted by Crippen LogP contribution is -2.55. The highest BCUT2D eigenvalue weighted by molar-refractivity contribution is 6.36. The molecule has 2 aliphatic heterocycles. The summed E-state index contributed by atoms with van der Waals surface area (Å²) in [5, 5.41) is 39.6. The zero-order valence-corrected chi connectivity index (χ0v) is 24.8. The van der Waals surface area contributed by atoms with Crippen molar-refractivity contribution in [3.63, 3.8) is 0 Å². The number of hydrogen-bond acceptors (Lipinski definition) is 8. The molecule has 260 valence electrons. The molecule has 0 saturated carbocycles. The van der Waals surface area contributed by atoms with Gasteiger partial charge in [0, 0.05) is 0 Å². The van der Waals surface area contributed by atoms with E-state index in [-0.39, 0.29) is 34.1 Å². The molecule has 4 N–H and O–H groups in total.